The monoisotopic (exact) mass is 273 g/mol. The zero-order valence-electron chi connectivity index (χ0n) is 11.8. The maximum atomic E-state index is 12.5. The number of benzene rings is 1. The van der Waals surface area contributed by atoms with Crippen LogP contribution in [0.3, 0.4) is 0 Å². The fourth-order valence-corrected chi connectivity index (χ4v) is 2.02. The zero-order chi connectivity index (χ0) is 15.1. The van der Waals surface area contributed by atoms with Crippen molar-refractivity contribution in [2.45, 2.75) is 26.7 Å². The first-order valence-corrected chi connectivity index (χ1v) is 6.68. The van der Waals surface area contributed by atoms with E-state index in [9.17, 15) is 14.7 Å². The number of carbonyl (C=O) groups excluding carboxylic acids is 1. The van der Waals surface area contributed by atoms with Crippen molar-refractivity contribution in [1.29, 1.82) is 0 Å². The van der Waals surface area contributed by atoms with Gasteiger partial charge in [0.15, 0.2) is 0 Å². The van der Waals surface area contributed by atoms with Gasteiger partial charge in [-0.2, -0.15) is 0 Å². The van der Waals surface area contributed by atoms with Gasteiger partial charge in [-0.05, 0) is 31.0 Å². The van der Waals surface area contributed by atoms with E-state index in [1.165, 1.54) is 12.1 Å². The van der Waals surface area contributed by atoms with Crippen LogP contribution in [-0.2, 0) is 0 Å². The first-order valence-electron chi connectivity index (χ1n) is 6.68. The number of carboxylic acids is 1. The Balaban J connectivity index is 3.20. The second kappa shape index (κ2) is 7.34. The van der Waals surface area contributed by atoms with Gasteiger partial charge < -0.3 is 10.0 Å². The molecule has 4 heteroatoms. The molecule has 0 aliphatic carbocycles. The molecule has 1 aromatic carbocycles. The quantitative estimate of drug-likeness (QED) is 0.811. The Morgan fingerprint density at radius 2 is 1.80 bits per heavy atom. The Hall–Kier alpha value is -2.28. The summed E-state index contributed by atoms with van der Waals surface area (Å²) in [6.07, 6.45) is 6.92. The molecule has 0 spiro atoms. The Morgan fingerprint density at radius 3 is 2.25 bits per heavy atom. The first kappa shape index (κ1) is 15.8. The highest BCUT2D eigenvalue weighted by atomic mass is 16.4. The summed E-state index contributed by atoms with van der Waals surface area (Å²) < 4.78 is 0. The average Bonchev–Trinajstić information content (AvgIpc) is 2.45. The molecule has 0 aliphatic rings. The van der Waals surface area contributed by atoms with Gasteiger partial charge in [-0.3, -0.25) is 4.79 Å². The standard InChI is InChI=1S/C16H19NO3/c1-4-9-17(10-5-2)15(18)13-8-7-12(6-3)11-14(13)16(19)20/h3,7-8,11H,4-5,9-10H2,1-2H3,(H,19,20). The predicted octanol–water partition coefficient (Wildman–Crippen LogP) is 2.63. The lowest BCUT2D eigenvalue weighted by atomic mass is 10.0. The molecule has 0 saturated heterocycles. The van der Waals surface area contributed by atoms with Crippen LogP contribution < -0.4 is 0 Å². The van der Waals surface area contributed by atoms with Gasteiger partial charge in [0.25, 0.3) is 5.91 Å². The van der Waals surface area contributed by atoms with Crippen LogP contribution in [-0.4, -0.2) is 35.0 Å². The number of carbonyl (C=O) groups is 2. The molecule has 106 valence electrons. The van der Waals surface area contributed by atoms with Gasteiger partial charge in [0.1, 0.15) is 0 Å². The van der Waals surface area contributed by atoms with Gasteiger partial charge in [0, 0.05) is 18.7 Å². The average molecular weight is 273 g/mol. The smallest absolute Gasteiger partial charge is 0.336 e. The van der Waals surface area contributed by atoms with E-state index >= 15 is 0 Å². The van der Waals surface area contributed by atoms with Gasteiger partial charge in [0.2, 0.25) is 0 Å². The minimum atomic E-state index is -1.14. The number of carboxylic acid groups (broad SMARTS) is 1. The first-order chi connectivity index (χ1) is 9.54. The number of hydrogen-bond acceptors (Lipinski definition) is 2. The highest BCUT2D eigenvalue weighted by Gasteiger charge is 2.21. The lowest BCUT2D eigenvalue weighted by Gasteiger charge is -2.22. The molecule has 0 heterocycles. The molecule has 0 bridgehead atoms. The van der Waals surface area contributed by atoms with Gasteiger partial charge >= 0.3 is 5.97 Å². The summed E-state index contributed by atoms with van der Waals surface area (Å²) >= 11 is 0. The van der Waals surface area contributed by atoms with Crippen LogP contribution in [0.15, 0.2) is 18.2 Å². The van der Waals surface area contributed by atoms with E-state index in [0.29, 0.717) is 18.7 Å². The Kier molecular flexibility index (Phi) is 5.79. The van der Waals surface area contributed by atoms with Crippen molar-refractivity contribution in [3.05, 3.63) is 34.9 Å². The molecular formula is C16H19NO3. The number of nitrogens with zero attached hydrogens (tertiary/aromatic N) is 1. The molecule has 0 unspecified atom stereocenters. The van der Waals surface area contributed by atoms with Crippen molar-refractivity contribution < 1.29 is 14.7 Å². The minimum Gasteiger partial charge on any atom is -0.478 e. The maximum Gasteiger partial charge on any atom is 0.336 e. The summed E-state index contributed by atoms with van der Waals surface area (Å²) in [6.45, 7) is 5.19. The predicted molar refractivity (Wildman–Crippen MR) is 77.8 cm³/mol. The third-order valence-corrected chi connectivity index (χ3v) is 2.92. The molecule has 0 saturated carbocycles. The lowest BCUT2D eigenvalue weighted by Crippen LogP contribution is -2.33. The topological polar surface area (TPSA) is 57.6 Å². The van der Waals surface area contributed by atoms with E-state index in [1.807, 2.05) is 13.8 Å². The van der Waals surface area contributed by atoms with Crippen LogP contribution in [0.5, 0.6) is 0 Å². The molecule has 1 amide bonds. The maximum absolute atomic E-state index is 12.5. The van der Waals surface area contributed by atoms with E-state index in [-0.39, 0.29) is 17.0 Å². The summed E-state index contributed by atoms with van der Waals surface area (Å²) in [5, 5.41) is 9.24. The van der Waals surface area contributed by atoms with Gasteiger partial charge in [-0.15, -0.1) is 6.42 Å². The van der Waals surface area contributed by atoms with E-state index < -0.39 is 5.97 Å². The van der Waals surface area contributed by atoms with Crippen LogP contribution in [0, 0.1) is 12.3 Å². The number of rotatable bonds is 6. The largest absolute Gasteiger partial charge is 0.478 e. The molecule has 0 atom stereocenters. The summed E-state index contributed by atoms with van der Waals surface area (Å²) in [4.78, 5) is 25.4. The Morgan fingerprint density at radius 1 is 1.20 bits per heavy atom. The van der Waals surface area contributed by atoms with Gasteiger partial charge in [-0.1, -0.05) is 19.8 Å². The second-order valence-corrected chi connectivity index (χ2v) is 4.50. The lowest BCUT2D eigenvalue weighted by molar-refractivity contribution is 0.0675. The normalized spacial score (nSPS) is 9.85. The highest BCUT2D eigenvalue weighted by Crippen LogP contribution is 2.15. The number of aromatic carboxylic acids is 1. The van der Waals surface area contributed by atoms with Crippen LogP contribution in [0.1, 0.15) is 53.0 Å². The Labute approximate surface area is 119 Å². The van der Waals surface area contributed by atoms with Crippen molar-refractivity contribution in [1.82, 2.24) is 4.90 Å². The molecule has 0 fully saturated rings. The van der Waals surface area contributed by atoms with E-state index in [4.69, 9.17) is 6.42 Å². The molecule has 1 rings (SSSR count). The minimum absolute atomic E-state index is 0.0392. The fraction of sp³-hybridized carbons (Fsp3) is 0.375. The van der Waals surface area contributed by atoms with E-state index in [1.54, 1.807) is 11.0 Å². The molecule has 1 N–H and O–H groups in total. The zero-order valence-corrected chi connectivity index (χ0v) is 11.8. The molecule has 1 aromatic rings. The highest BCUT2D eigenvalue weighted by molar-refractivity contribution is 6.05. The van der Waals surface area contributed by atoms with Crippen molar-refractivity contribution in [3.63, 3.8) is 0 Å². The van der Waals surface area contributed by atoms with Gasteiger partial charge in [0.05, 0.1) is 11.1 Å². The fourth-order valence-electron chi connectivity index (χ4n) is 2.02. The molecule has 0 aromatic heterocycles. The van der Waals surface area contributed by atoms with E-state index in [0.717, 1.165) is 12.8 Å². The molecular weight excluding hydrogens is 254 g/mol. The SMILES string of the molecule is C#Cc1ccc(C(=O)N(CCC)CCC)c(C(=O)O)c1. The number of terminal acetylenes is 1. The Bertz CT molecular complexity index is 537. The number of amides is 1. The van der Waals surface area contributed by atoms with Crippen molar-refractivity contribution >= 4 is 11.9 Å². The molecule has 4 nitrogen and oxygen atoms in total. The van der Waals surface area contributed by atoms with Crippen LogP contribution in [0.4, 0.5) is 0 Å². The van der Waals surface area contributed by atoms with Gasteiger partial charge in [-0.25, -0.2) is 4.79 Å². The van der Waals surface area contributed by atoms with Crippen LogP contribution in [0.25, 0.3) is 0 Å². The molecule has 0 aliphatic heterocycles. The number of hydrogen-bond donors (Lipinski definition) is 1. The van der Waals surface area contributed by atoms with Crippen molar-refractivity contribution in [2.75, 3.05) is 13.1 Å². The van der Waals surface area contributed by atoms with Crippen LogP contribution >= 0.6 is 0 Å². The van der Waals surface area contributed by atoms with E-state index in [2.05, 4.69) is 5.92 Å². The summed E-state index contributed by atoms with van der Waals surface area (Å²) in [6, 6.07) is 4.46. The molecule has 0 radical (unpaired) electrons. The third-order valence-electron chi connectivity index (χ3n) is 2.92. The third kappa shape index (κ3) is 3.61. The summed E-state index contributed by atoms with van der Waals surface area (Å²) in [7, 11) is 0. The molecule has 20 heavy (non-hydrogen) atoms. The summed E-state index contributed by atoms with van der Waals surface area (Å²) in [5.41, 5.74) is 0.609. The summed E-state index contributed by atoms with van der Waals surface area (Å²) in [5.74, 6) is 0.984. The van der Waals surface area contributed by atoms with Crippen LogP contribution in [0.2, 0.25) is 0 Å². The van der Waals surface area contributed by atoms with Crippen molar-refractivity contribution in [2.24, 2.45) is 0 Å². The second-order valence-electron chi connectivity index (χ2n) is 4.50. The van der Waals surface area contributed by atoms with Crippen molar-refractivity contribution in [3.8, 4) is 12.3 Å².